The van der Waals surface area contributed by atoms with Crippen molar-refractivity contribution in [1.29, 1.82) is 0 Å². The van der Waals surface area contributed by atoms with Crippen molar-refractivity contribution in [2.24, 2.45) is 0 Å². The summed E-state index contributed by atoms with van der Waals surface area (Å²) >= 11 is 0. The van der Waals surface area contributed by atoms with E-state index in [1.54, 1.807) is 0 Å². The van der Waals surface area contributed by atoms with Crippen LogP contribution in [0.5, 0.6) is 0 Å². The molecule has 50 heavy (non-hydrogen) atoms. The van der Waals surface area contributed by atoms with Crippen LogP contribution in [0.4, 0.5) is 0 Å². The first kappa shape index (κ1) is 23.5. The maximum Gasteiger partial charge on any atom is 0.164 e. The molecule has 5 nitrogen and oxygen atoms in total. The quantitative estimate of drug-likeness (QED) is 0.187. The largest absolute Gasteiger partial charge is 0.456 e. The Kier molecular flexibility index (Phi) is 5.35. The SMILES string of the molecule is [2H]c1c([2H])c([2H])c(-c2nc(-c3ccccc3)nc(-c3ccc4c(c3)oc3ccc(-n5c6ccccc6c6ccc(-c7ccccc7)cc65)cc34)n2)c([2H])c1[2H]. The smallest absolute Gasteiger partial charge is 0.164 e. The zero-order valence-electron chi connectivity index (χ0n) is 31.5. The van der Waals surface area contributed by atoms with Gasteiger partial charge in [0.2, 0.25) is 0 Å². The van der Waals surface area contributed by atoms with Crippen molar-refractivity contribution in [1.82, 2.24) is 19.5 Å². The van der Waals surface area contributed by atoms with E-state index in [4.69, 9.17) is 21.2 Å². The van der Waals surface area contributed by atoms with Gasteiger partial charge in [0.05, 0.1) is 17.9 Å². The Morgan fingerprint density at radius 2 is 1.06 bits per heavy atom. The Balaban J connectivity index is 1.13. The van der Waals surface area contributed by atoms with Crippen molar-refractivity contribution in [3.8, 4) is 51.0 Å². The molecule has 0 spiro atoms. The van der Waals surface area contributed by atoms with Crippen LogP contribution in [0.15, 0.2) is 174 Å². The molecule has 0 aliphatic carbocycles. The summed E-state index contributed by atoms with van der Waals surface area (Å²) in [6.45, 7) is 0. The summed E-state index contributed by atoms with van der Waals surface area (Å²) in [7, 11) is 0. The van der Waals surface area contributed by atoms with Gasteiger partial charge in [-0.2, -0.15) is 0 Å². The minimum atomic E-state index is -0.482. The van der Waals surface area contributed by atoms with Gasteiger partial charge in [-0.05, 0) is 53.6 Å². The van der Waals surface area contributed by atoms with Crippen molar-refractivity contribution in [2.45, 2.75) is 0 Å². The predicted octanol–water partition coefficient (Wildman–Crippen LogP) is 11.5. The highest BCUT2D eigenvalue weighted by atomic mass is 16.3. The van der Waals surface area contributed by atoms with E-state index in [0.29, 0.717) is 22.5 Å². The van der Waals surface area contributed by atoms with E-state index in [2.05, 4.69) is 88.4 Å². The molecule has 10 rings (SSSR count). The summed E-state index contributed by atoms with van der Waals surface area (Å²) in [5.74, 6) is 0.568. The number of fused-ring (bicyclic) bond motifs is 6. The van der Waals surface area contributed by atoms with Crippen molar-refractivity contribution in [2.75, 3.05) is 0 Å². The molecule has 0 radical (unpaired) electrons. The molecule has 5 heteroatoms. The first-order valence-corrected chi connectivity index (χ1v) is 16.3. The zero-order chi connectivity index (χ0) is 37.4. The number of hydrogen-bond donors (Lipinski definition) is 0. The van der Waals surface area contributed by atoms with Gasteiger partial charge in [0.1, 0.15) is 11.2 Å². The molecule has 0 saturated heterocycles. The number of nitrogens with zero attached hydrogens (tertiary/aromatic N) is 4. The second kappa shape index (κ2) is 11.4. The molecule has 0 N–H and O–H groups in total. The fraction of sp³-hybridized carbons (Fsp3) is 0. The van der Waals surface area contributed by atoms with Crippen molar-refractivity contribution < 1.29 is 11.3 Å². The maximum atomic E-state index is 8.61. The van der Waals surface area contributed by atoms with E-state index in [-0.39, 0.29) is 29.3 Å². The summed E-state index contributed by atoms with van der Waals surface area (Å²) in [5.41, 5.74) is 8.09. The van der Waals surface area contributed by atoms with Crippen LogP contribution < -0.4 is 0 Å². The highest BCUT2D eigenvalue weighted by molar-refractivity contribution is 6.11. The zero-order valence-corrected chi connectivity index (χ0v) is 26.5. The van der Waals surface area contributed by atoms with Gasteiger partial charge in [0.15, 0.2) is 17.5 Å². The third kappa shape index (κ3) is 4.67. The Morgan fingerprint density at radius 3 is 1.86 bits per heavy atom. The molecule has 0 aliphatic heterocycles. The first-order valence-electron chi connectivity index (χ1n) is 18.8. The summed E-state index contributed by atoms with van der Waals surface area (Å²) < 4.78 is 50.6. The first-order chi connectivity index (χ1) is 26.8. The lowest BCUT2D eigenvalue weighted by atomic mass is 10.0. The molecule has 10 aromatic rings. The van der Waals surface area contributed by atoms with Crippen LogP contribution in [-0.4, -0.2) is 19.5 Å². The maximum absolute atomic E-state index is 8.61. The molecule has 0 unspecified atom stereocenters. The average Bonchev–Trinajstić information content (AvgIpc) is 3.77. The second-order valence-corrected chi connectivity index (χ2v) is 12.1. The number of hydrogen-bond acceptors (Lipinski definition) is 4. The monoisotopic (exact) mass is 645 g/mol. The number of furan rings is 1. The van der Waals surface area contributed by atoms with E-state index >= 15 is 0 Å². The number of benzene rings is 7. The number of rotatable bonds is 5. The lowest BCUT2D eigenvalue weighted by Crippen LogP contribution is -2.00. The van der Waals surface area contributed by atoms with Crippen LogP contribution in [0.2, 0.25) is 0 Å². The molecule has 0 bridgehead atoms. The molecular formula is C45H28N4O. The summed E-state index contributed by atoms with van der Waals surface area (Å²) in [5, 5.41) is 4.21. The van der Waals surface area contributed by atoms with Crippen molar-refractivity contribution >= 4 is 43.7 Å². The fourth-order valence-electron chi connectivity index (χ4n) is 6.80. The van der Waals surface area contributed by atoms with Crippen LogP contribution >= 0.6 is 0 Å². The standard InChI is InChI=1S/C45H28N4O/c1-4-12-29(13-5-1)32-20-23-36-35-18-10-11-19-39(35)49(40(36)26-32)34-22-25-41-38(28-34)37-24-21-33(27-42(37)50-41)45-47-43(30-14-6-2-7-15-30)46-44(48-45)31-16-8-3-9-17-31/h1-28H/i2D,6D,7D,14D,15D. The summed E-state index contributed by atoms with van der Waals surface area (Å²) in [6.07, 6.45) is 0. The molecule has 234 valence electrons. The van der Waals surface area contributed by atoms with E-state index in [0.717, 1.165) is 44.2 Å². The van der Waals surface area contributed by atoms with Gasteiger partial charge in [-0.1, -0.05) is 127 Å². The minimum Gasteiger partial charge on any atom is -0.456 e. The Labute approximate surface area is 294 Å². The molecule has 0 atom stereocenters. The highest BCUT2D eigenvalue weighted by Gasteiger charge is 2.17. The van der Waals surface area contributed by atoms with Gasteiger partial charge >= 0.3 is 0 Å². The molecule has 3 aromatic heterocycles. The molecule has 7 aromatic carbocycles. The van der Waals surface area contributed by atoms with E-state index in [1.807, 2.05) is 60.7 Å². The normalized spacial score (nSPS) is 13.0. The van der Waals surface area contributed by atoms with E-state index in [1.165, 1.54) is 10.8 Å². The van der Waals surface area contributed by atoms with E-state index < -0.39 is 18.1 Å². The third-order valence-corrected chi connectivity index (χ3v) is 9.14. The van der Waals surface area contributed by atoms with Crippen LogP contribution in [0, 0.1) is 0 Å². The molecule has 3 heterocycles. The van der Waals surface area contributed by atoms with Gasteiger partial charge in [-0.15, -0.1) is 0 Å². The van der Waals surface area contributed by atoms with E-state index in [9.17, 15) is 0 Å². The lowest BCUT2D eigenvalue weighted by molar-refractivity contribution is 0.669. The van der Waals surface area contributed by atoms with Crippen molar-refractivity contribution in [3.05, 3.63) is 170 Å². The predicted molar refractivity (Wildman–Crippen MR) is 203 cm³/mol. The minimum absolute atomic E-state index is 0.0169. The van der Waals surface area contributed by atoms with Crippen molar-refractivity contribution in [3.63, 3.8) is 0 Å². The Hall–Kier alpha value is -6.85. The second-order valence-electron chi connectivity index (χ2n) is 12.1. The molecule has 0 aliphatic rings. The Bertz CT molecular complexity index is 3130. The Morgan fingerprint density at radius 1 is 0.420 bits per heavy atom. The average molecular weight is 646 g/mol. The number of para-hydroxylation sites is 1. The van der Waals surface area contributed by atoms with Gasteiger partial charge in [-0.25, -0.2) is 15.0 Å². The van der Waals surface area contributed by atoms with Crippen LogP contribution in [0.3, 0.4) is 0 Å². The molecular weight excluding hydrogens is 613 g/mol. The number of aromatic nitrogens is 4. The summed E-state index contributed by atoms with van der Waals surface area (Å²) in [6, 6.07) is 44.6. The summed E-state index contributed by atoms with van der Waals surface area (Å²) in [4.78, 5) is 14.1. The molecule has 0 amide bonds. The molecule has 0 fully saturated rings. The molecule has 0 saturated carbocycles. The fourth-order valence-corrected chi connectivity index (χ4v) is 6.80. The third-order valence-electron chi connectivity index (χ3n) is 9.14. The van der Waals surface area contributed by atoms with Gasteiger partial charge < -0.3 is 8.98 Å². The van der Waals surface area contributed by atoms with Gasteiger partial charge in [0, 0.05) is 43.9 Å². The lowest BCUT2D eigenvalue weighted by Gasteiger charge is -2.09. The van der Waals surface area contributed by atoms with Crippen LogP contribution in [-0.2, 0) is 0 Å². The van der Waals surface area contributed by atoms with Crippen LogP contribution in [0.1, 0.15) is 6.85 Å². The van der Waals surface area contributed by atoms with Gasteiger partial charge in [-0.3, -0.25) is 0 Å². The van der Waals surface area contributed by atoms with Gasteiger partial charge in [0.25, 0.3) is 0 Å². The highest BCUT2D eigenvalue weighted by Crippen LogP contribution is 2.38. The van der Waals surface area contributed by atoms with Crippen LogP contribution in [0.25, 0.3) is 94.7 Å². The topological polar surface area (TPSA) is 56.7 Å².